The molecule has 0 radical (unpaired) electrons. The van der Waals surface area contributed by atoms with Crippen molar-refractivity contribution in [3.63, 3.8) is 0 Å². The van der Waals surface area contributed by atoms with E-state index in [1.807, 2.05) is 28.9 Å². The van der Waals surface area contributed by atoms with Crippen LogP contribution < -0.4 is 5.73 Å². The molecule has 1 unspecified atom stereocenters. The highest BCUT2D eigenvalue weighted by molar-refractivity contribution is 6.30. The van der Waals surface area contributed by atoms with Gasteiger partial charge in [0.2, 0.25) is 0 Å². The highest BCUT2D eigenvalue weighted by atomic mass is 35.5. The van der Waals surface area contributed by atoms with Gasteiger partial charge >= 0.3 is 0 Å². The minimum absolute atomic E-state index is 0.601. The Morgan fingerprint density at radius 2 is 1.91 bits per heavy atom. The minimum Gasteiger partial charge on any atom is -0.382 e. The van der Waals surface area contributed by atoms with Crippen LogP contribution in [-0.2, 0) is 6.54 Å². The molecule has 0 aliphatic carbocycles. The van der Waals surface area contributed by atoms with E-state index in [-0.39, 0.29) is 0 Å². The van der Waals surface area contributed by atoms with Crippen LogP contribution in [0.3, 0.4) is 0 Å². The van der Waals surface area contributed by atoms with E-state index in [9.17, 15) is 0 Å². The zero-order chi connectivity index (χ0) is 15.1. The van der Waals surface area contributed by atoms with Crippen molar-refractivity contribution in [2.75, 3.05) is 25.4 Å². The molecule has 3 saturated heterocycles. The zero-order valence-corrected chi connectivity index (χ0v) is 13.3. The van der Waals surface area contributed by atoms with E-state index in [0.29, 0.717) is 11.7 Å². The molecule has 2 N–H and O–H groups in total. The molecular weight excluding hydrogens is 296 g/mol. The molecule has 2 aromatic rings. The largest absolute Gasteiger partial charge is 0.382 e. The van der Waals surface area contributed by atoms with E-state index in [1.165, 1.54) is 32.5 Å². The zero-order valence-electron chi connectivity index (χ0n) is 12.6. The molecule has 5 rings (SSSR count). The SMILES string of the molecule is Nc1nn(CC2CN3CCC2CC3)cc1-c1ccc(Cl)cc1. The van der Waals surface area contributed by atoms with Crippen molar-refractivity contribution < 1.29 is 0 Å². The summed E-state index contributed by atoms with van der Waals surface area (Å²) in [7, 11) is 0. The van der Waals surface area contributed by atoms with Gasteiger partial charge in [-0.15, -0.1) is 0 Å². The summed E-state index contributed by atoms with van der Waals surface area (Å²) in [4.78, 5) is 2.58. The molecule has 1 atom stereocenters. The summed E-state index contributed by atoms with van der Waals surface area (Å²) in [5, 5.41) is 5.27. The Kier molecular flexibility index (Phi) is 3.59. The molecule has 2 bridgehead atoms. The van der Waals surface area contributed by atoms with Crippen molar-refractivity contribution >= 4 is 17.4 Å². The molecule has 3 aliphatic heterocycles. The number of aromatic nitrogens is 2. The number of nitrogens with two attached hydrogens (primary N) is 1. The maximum absolute atomic E-state index is 6.12. The fourth-order valence-electron chi connectivity index (χ4n) is 3.92. The highest BCUT2D eigenvalue weighted by Crippen LogP contribution is 2.34. The van der Waals surface area contributed by atoms with Crippen LogP contribution in [0.5, 0.6) is 0 Å². The summed E-state index contributed by atoms with van der Waals surface area (Å²) in [5.41, 5.74) is 8.19. The smallest absolute Gasteiger partial charge is 0.153 e. The Morgan fingerprint density at radius 3 is 2.55 bits per heavy atom. The molecule has 1 aromatic heterocycles. The Labute approximate surface area is 135 Å². The average molecular weight is 317 g/mol. The molecule has 22 heavy (non-hydrogen) atoms. The average Bonchev–Trinajstić information content (AvgIpc) is 2.90. The molecule has 1 aromatic carbocycles. The third-order valence-electron chi connectivity index (χ3n) is 5.16. The first kappa shape index (κ1) is 14.1. The van der Waals surface area contributed by atoms with Gasteiger partial charge in [-0.05, 0) is 55.5 Å². The van der Waals surface area contributed by atoms with E-state index < -0.39 is 0 Å². The van der Waals surface area contributed by atoms with Crippen molar-refractivity contribution in [3.05, 3.63) is 35.5 Å². The van der Waals surface area contributed by atoms with Gasteiger partial charge in [-0.1, -0.05) is 23.7 Å². The van der Waals surface area contributed by atoms with Crippen molar-refractivity contribution in [3.8, 4) is 11.1 Å². The molecule has 116 valence electrons. The van der Waals surface area contributed by atoms with Gasteiger partial charge in [0.15, 0.2) is 5.82 Å². The first-order valence-corrected chi connectivity index (χ1v) is 8.38. The standard InChI is InChI=1S/C17H21ClN4/c18-15-3-1-13(2-4-15)16-11-22(20-17(16)19)10-14-9-21-7-5-12(14)6-8-21/h1-4,11-12,14H,5-10H2,(H2,19,20). The summed E-state index contributed by atoms with van der Waals surface area (Å²) in [6, 6.07) is 7.77. The minimum atomic E-state index is 0.601. The Bertz CT molecular complexity index is 656. The van der Waals surface area contributed by atoms with Crippen molar-refractivity contribution in [1.82, 2.24) is 14.7 Å². The number of hydrogen-bond donors (Lipinski definition) is 1. The summed E-state index contributed by atoms with van der Waals surface area (Å²) in [6.45, 7) is 4.73. The lowest BCUT2D eigenvalue weighted by Gasteiger charge is -2.44. The lowest BCUT2D eigenvalue weighted by atomic mass is 9.79. The summed E-state index contributed by atoms with van der Waals surface area (Å²) in [6.07, 6.45) is 4.76. The Balaban J connectivity index is 1.54. The number of fused-ring (bicyclic) bond motifs is 3. The van der Waals surface area contributed by atoms with Gasteiger partial charge in [0, 0.05) is 29.9 Å². The topological polar surface area (TPSA) is 47.1 Å². The summed E-state index contributed by atoms with van der Waals surface area (Å²) < 4.78 is 2.03. The highest BCUT2D eigenvalue weighted by Gasteiger charge is 2.34. The first-order valence-electron chi connectivity index (χ1n) is 8.00. The molecule has 3 fully saturated rings. The predicted octanol–water partition coefficient (Wildman–Crippen LogP) is 3.13. The van der Waals surface area contributed by atoms with Gasteiger partial charge < -0.3 is 10.6 Å². The van der Waals surface area contributed by atoms with Crippen molar-refractivity contribution in [2.24, 2.45) is 11.8 Å². The van der Waals surface area contributed by atoms with Gasteiger partial charge in [-0.2, -0.15) is 5.10 Å². The number of halogens is 1. The summed E-state index contributed by atoms with van der Waals surface area (Å²) >= 11 is 5.95. The number of piperidine rings is 3. The Morgan fingerprint density at radius 1 is 1.18 bits per heavy atom. The van der Waals surface area contributed by atoms with Crippen LogP contribution in [0.1, 0.15) is 12.8 Å². The number of hydrogen-bond acceptors (Lipinski definition) is 3. The van der Waals surface area contributed by atoms with Gasteiger partial charge in [-0.3, -0.25) is 4.68 Å². The normalized spacial score (nSPS) is 27.2. The number of benzene rings is 1. The molecule has 4 nitrogen and oxygen atoms in total. The number of nitrogen functional groups attached to an aromatic ring is 1. The van der Waals surface area contributed by atoms with Crippen molar-refractivity contribution in [1.29, 1.82) is 0 Å². The van der Waals surface area contributed by atoms with Crippen LogP contribution in [0.4, 0.5) is 5.82 Å². The Hall–Kier alpha value is -1.52. The van der Waals surface area contributed by atoms with Crippen LogP contribution in [0.25, 0.3) is 11.1 Å². The molecule has 4 heterocycles. The van der Waals surface area contributed by atoms with E-state index in [0.717, 1.165) is 28.6 Å². The van der Waals surface area contributed by atoms with E-state index >= 15 is 0 Å². The van der Waals surface area contributed by atoms with Crippen LogP contribution >= 0.6 is 11.6 Å². The molecule has 5 heteroatoms. The molecule has 0 saturated carbocycles. The first-order chi connectivity index (χ1) is 10.7. The summed E-state index contributed by atoms with van der Waals surface area (Å²) in [5.74, 6) is 2.16. The van der Waals surface area contributed by atoms with Gasteiger partial charge in [0.05, 0.1) is 0 Å². The van der Waals surface area contributed by atoms with Crippen molar-refractivity contribution in [2.45, 2.75) is 19.4 Å². The molecule has 0 amide bonds. The van der Waals surface area contributed by atoms with Crippen LogP contribution in [0.15, 0.2) is 30.5 Å². The van der Waals surface area contributed by atoms with Crippen LogP contribution in [0, 0.1) is 11.8 Å². The monoisotopic (exact) mass is 316 g/mol. The van der Waals surface area contributed by atoms with Gasteiger partial charge in [0.1, 0.15) is 0 Å². The third-order valence-corrected chi connectivity index (χ3v) is 5.41. The van der Waals surface area contributed by atoms with E-state index in [4.69, 9.17) is 17.3 Å². The fraction of sp³-hybridized carbons (Fsp3) is 0.471. The number of rotatable bonds is 3. The predicted molar refractivity (Wildman–Crippen MR) is 89.7 cm³/mol. The second-order valence-electron chi connectivity index (χ2n) is 6.56. The molecule has 0 spiro atoms. The molecule has 3 aliphatic rings. The third kappa shape index (κ3) is 2.61. The maximum atomic E-state index is 6.12. The van der Waals surface area contributed by atoms with E-state index in [1.54, 1.807) is 0 Å². The fourth-order valence-corrected chi connectivity index (χ4v) is 4.04. The maximum Gasteiger partial charge on any atom is 0.153 e. The quantitative estimate of drug-likeness (QED) is 0.946. The van der Waals surface area contributed by atoms with Crippen LogP contribution in [0.2, 0.25) is 5.02 Å². The van der Waals surface area contributed by atoms with Crippen LogP contribution in [-0.4, -0.2) is 34.3 Å². The second kappa shape index (κ2) is 5.60. The second-order valence-corrected chi connectivity index (χ2v) is 6.99. The number of nitrogens with zero attached hydrogens (tertiary/aromatic N) is 3. The van der Waals surface area contributed by atoms with E-state index in [2.05, 4.69) is 16.2 Å². The van der Waals surface area contributed by atoms with Gasteiger partial charge in [-0.25, -0.2) is 0 Å². The lowest BCUT2D eigenvalue weighted by Crippen LogP contribution is -2.48. The number of anilines is 1. The van der Waals surface area contributed by atoms with Gasteiger partial charge in [0.25, 0.3) is 0 Å². The lowest BCUT2D eigenvalue weighted by molar-refractivity contribution is 0.0406. The molecular formula is C17H21ClN4.